The molecule has 0 fully saturated rings. The third-order valence-electron chi connectivity index (χ3n) is 4.83. The van der Waals surface area contributed by atoms with Gasteiger partial charge in [-0.05, 0) is 31.9 Å². The minimum atomic E-state index is -0.369. The molecule has 7 heteroatoms. The summed E-state index contributed by atoms with van der Waals surface area (Å²) in [6.45, 7) is 10.5. The van der Waals surface area contributed by atoms with E-state index in [0.717, 1.165) is 20.8 Å². The highest BCUT2D eigenvalue weighted by Gasteiger charge is 2.23. The number of carbonyl (C=O) groups excluding carboxylic acids is 1. The van der Waals surface area contributed by atoms with Crippen molar-refractivity contribution in [3.8, 4) is 0 Å². The molecule has 5 nitrogen and oxygen atoms in total. The number of aryl methyl sites for hydroxylation is 2. The number of thiophene rings is 1. The van der Waals surface area contributed by atoms with Gasteiger partial charge in [-0.3, -0.25) is 14.2 Å². The summed E-state index contributed by atoms with van der Waals surface area (Å²) >= 11 is 2.84. The lowest BCUT2D eigenvalue weighted by Crippen LogP contribution is -2.33. The van der Waals surface area contributed by atoms with Crippen LogP contribution < -0.4 is 5.56 Å². The molecule has 3 rings (SSSR count). The van der Waals surface area contributed by atoms with Crippen molar-refractivity contribution in [3.05, 3.63) is 69.3 Å². The monoisotopic (exact) mass is 427 g/mol. The number of carbonyl (C=O) groups is 1. The van der Waals surface area contributed by atoms with Gasteiger partial charge in [0.25, 0.3) is 5.56 Å². The lowest BCUT2D eigenvalue weighted by molar-refractivity contribution is -0.129. The van der Waals surface area contributed by atoms with Crippen LogP contribution in [0, 0.1) is 13.8 Å². The van der Waals surface area contributed by atoms with Crippen LogP contribution in [-0.4, -0.2) is 32.7 Å². The summed E-state index contributed by atoms with van der Waals surface area (Å²) in [5.41, 5.74) is 1.98. The Morgan fingerprint density at radius 2 is 2.03 bits per heavy atom. The van der Waals surface area contributed by atoms with Gasteiger partial charge in [0.1, 0.15) is 4.83 Å². The van der Waals surface area contributed by atoms with E-state index in [1.165, 1.54) is 23.1 Å². The summed E-state index contributed by atoms with van der Waals surface area (Å²) in [7, 11) is 1.80. The molecule has 2 heterocycles. The van der Waals surface area contributed by atoms with E-state index in [2.05, 4.69) is 6.58 Å². The molecule has 3 aromatic rings. The van der Waals surface area contributed by atoms with Gasteiger partial charge in [0.2, 0.25) is 5.91 Å². The van der Waals surface area contributed by atoms with Crippen LogP contribution in [-0.2, 0) is 17.9 Å². The average molecular weight is 428 g/mol. The lowest BCUT2D eigenvalue weighted by atomic mass is 10.2. The number of fused-ring (bicyclic) bond motifs is 1. The number of allylic oxidation sites excluding steroid dienone is 1. The second-order valence-electron chi connectivity index (χ2n) is 7.00. The largest absolute Gasteiger partial charge is 0.340 e. The number of amides is 1. The van der Waals surface area contributed by atoms with Gasteiger partial charge in [0.05, 0.1) is 10.6 Å². The number of hydrogen-bond acceptors (Lipinski definition) is 5. The molecule has 0 spiro atoms. The topological polar surface area (TPSA) is 55.2 Å². The molecule has 1 unspecified atom stereocenters. The van der Waals surface area contributed by atoms with Crippen LogP contribution in [0.5, 0.6) is 0 Å². The lowest BCUT2D eigenvalue weighted by Gasteiger charge is -2.21. The molecule has 0 radical (unpaired) electrons. The van der Waals surface area contributed by atoms with Gasteiger partial charge in [-0.1, -0.05) is 48.2 Å². The normalized spacial score (nSPS) is 12.1. The maximum absolute atomic E-state index is 13.1. The Balaban J connectivity index is 1.88. The molecule has 1 amide bonds. The highest BCUT2D eigenvalue weighted by atomic mass is 32.2. The quantitative estimate of drug-likeness (QED) is 0.319. The van der Waals surface area contributed by atoms with E-state index in [1.54, 1.807) is 22.6 Å². The zero-order valence-electron chi connectivity index (χ0n) is 17.1. The van der Waals surface area contributed by atoms with Crippen LogP contribution in [0.15, 0.2) is 52.9 Å². The molecular weight excluding hydrogens is 402 g/mol. The Hall–Kier alpha value is -2.38. The van der Waals surface area contributed by atoms with E-state index in [1.807, 2.05) is 51.1 Å². The predicted octanol–water partition coefficient (Wildman–Crippen LogP) is 4.40. The van der Waals surface area contributed by atoms with Gasteiger partial charge >= 0.3 is 0 Å². The minimum Gasteiger partial charge on any atom is -0.340 e. The fraction of sp³-hybridized carbons (Fsp3) is 0.318. The Morgan fingerprint density at radius 1 is 1.34 bits per heavy atom. The summed E-state index contributed by atoms with van der Waals surface area (Å²) in [4.78, 5) is 34.2. The summed E-state index contributed by atoms with van der Waals surface area (Å²) in [6.07, 6.45) is 1.68. The first-order chi connectivity index (χ1) is 13.8. The molecule has 0 saturated carbocycles. The number of hydrogen-bond donors (Lipinski definition) is 0. The van der Waals surface area contributed by atoms with Crippen molar-refractivity contribution in [3.63, 3.8) is 0 Å². The highest BCUT2D eigenvalue weighted by Crippen LogP contribution is 2.30. The van der Waals surface area contributed by atoms with Gasteiger partial charge in [-0.25, -0.2) is 4.98 Å². The molecule has 0 aliphatic rings. The maximum Gasteiger partial charge on any atom is 0.263 e. The average Bonchev–Trinajstić information content (AvgIpc) is 2.98. The van der Waals surface area contributed by atoms with Crippen LogP contribution in [0.1, 0.15) is 22.9 Å². The molecule has 0 N–H and O–H groups in total. The van der Waals surface area contributed by atoms with Crippen molar-refractivity contribution in [1.82, 2.24) is 14.5 Å². The molecule has 0 saturated heterocycles. The Bertz CT molecular complexity index is 1100. The fourth-order valence-corrected chi connectivity index (χ4v) is 5.25. The standard InChI is InChI=1S/C22H25N3O2S2/c1-6-12-25-21(27)18-14(2)15(3)28-19(18)23-22(25)29-16(4)20(26)24(5)13-17-10-8-7-9-11-17/h6-11,16H,1,12-13H2,2-5H3. The van der Waals surface area contributed by atoms with Gasteiger partial charge in [0, 0.05) is 25.0 Å². The number of nitrogens with zero attached hydrogens (tertiary/aromatic N) is 3. The highest BCUT2D eigenvalue weighted by molar-refractivity contribution is 8.00. The molecule has 1 aromatic carbocycles. The predicted molar refractivity (Wildman–Crippen MR) is 122 cm³/mol. The Labute approximate surface area is 179 Å². The van der Waals surface area contributed by atoms with Crippen molar-refractivity contribution >= 4 is 39.2 Å². The second-order valence-corrected chi connectivity index (χ2v) is 9.51. The van der Waals surface area contributed by atoms with Crippen molar-refractivity contribution in [2.75, 3.05) is 7.05 Å². The molecule has 0 aliphatic heterocycles. The number of thioether (sulfide) groups is 1. The van der Waals surface area contributed by atoms with Crippen LogP contribution in [0.4, 0.5) is 0 Å². The summed E-state index contributed by atoms with van der Waals surface area (Å²) < 4.78 is 1.61. The van der Waals surface area contributed by atoms with E-state index in [0.29, 0.717) is 23.6 Å². The molecule has 2 aromatic heterocycles. The van der Waals surface area contributed by atoms with Crippen molar-refractivity contribution < 1.29 is 4.79 Å². The zero-order chi connectivity index (χ0) is 21.1. The smallest absolute Gasteiger partial charge is 0.263 e. The van der Waals surface area contributed by atoms with Crippen molar-refractivity contribution in [1.29, 1.82) is 0 Å². The summed E-state index contributed by atoms with van der Waals surface area (Å²) in [6, 6.07) is 9.88. The molecular formula is C22H25N3O2S2. The van der Waals surface area contributed by atoms with Gasteiger partial charge < -0.3 is 4.90 Å². The van der Waals surface area contributed by atoms with Gasteiger partial charge in [0.15, 0.2) is 5.16 Å². The number of benzene rings is 1. The maximum atomic E-state index is 13.1. The summed E-state index contributed by atoms with van der Waals surface area (Å²) in [5.74, 6) is -0.00288. The fourth-order valence-electron chi connectivity index (χ4n) is 3.14. The summed E-state index contributed by atoms with van der Waals surface area (Å²) in [5, 5.41) is 0.850. The molecule has 152 valence electrons. The molecule has 0 aliphatic carbocycles. The third kappa shape index (κ3) is 4.46. The Morgan fingerprint density at radius 3 is 2.69 bits per heavy atom. The van der Waals surface area contributed by atoms with E-state index in [-0.39, 0.29) is 16.7 Å². The SMILES string of the molecule is C=CCn1c(SC(C)C(=O)N(C)Cc2ccccc2)nc2sc(C)c(C)c2c1=O. The van der Waals surface area contributed by atoms with Gasteiger partial charge in [-0.2, -0.15) is 0 Å². The first-order valence-corrected chi connectivity index (χ1v) is 11.1. The molecule has 29 heavy (non-hydrogen) atoms. The van der Waals surface area contributed by atoms with E-state index >= 15 is 0 Å². The number of rotatable bonds is 7. The van der Waals surface area contributed by atoms with Crippen LogP contribution in [0.3, 0.4) is 0 Å². The Kier molecular flexibility index (Phi) is 6.59. The van der Waals surface area contributed by atoms with Crippen molar-refractivity contribution in [2.24, 2.45) is 0 Å². The van der Waals surface area contributed by atoms with Gasteiger partial charge in [-0.15, -0.1) is 17.9 Å². The minimum absolute atomic E-state index is 0.00288. The van der Waals surface area contributed by atoms with E-state index < -0.39 is 0 Å². The van der Waals surface area contributed by atoms with E-state index in [4.69, 9.17) is 4.98 Å². The van der Waals surface area contributed by atoms with Crippen LogP contribution in [0.25, 0.3) is 10.2 Å². The second kappa shape index (κ2) is 8.97. The molecule has 1 atom stereocenters. The third-order valence-corrected chi connectivity index (χ3v) is 7.01. The van der Waals surface area contributed by atoms with E-state index in [9.17, 15) is 9.59 Å². The number of aromatic nitrogens is 2. The zero-order valence-corrected chi connectivity index (χ0v) is 18.8. The molecule has 0 bridgehead atoms. The first-order valence-electron chi connectivity index (χ1n) is 9.40. The van der Waals surface area contributed by atoms with Crippen LogP contribution in [0.2, 0.25) is 0 Å². The first kappa shape index (κ1) is 21.3. The van der Waals surface area contributed by atoms with Crippen LogP contribution >= 0.6 is 23.1 Å². The van der Waals surface area contributed by atoms with Crippen molar-refractivity contribution in [2.45, 2.75) is 44.3 Å².